The summed E-state index contributed by atoms with van der Waals surface area (Å²) in [6.07, 6.45) is 2.72. The number of sulfone groups is 1. The quantitative estimate of drug-likeness (QED) is 0.738. The lowest BCUT2D eigenvalue weighted by Crippen LogP contribution is -2.56. The van der Waals surface area contributed by atoms with E-state index in [2.05, 4.69) is 4.98 Å². The molecule has 0 unspecified atom stereocenters. The topological polar surface area (TPSA) is 89.3 Å². The highest BCUT2D eigenvalue weighted by Crippen LogP contribution is 2.28. The Bertz CT molecular complexity index is 930. The van der Waals surface area contributed by atoms with E-state index in [1.54, 1.807) is 7.05 Å². The maximum atomic E-state index is 12.9. The molecule has 0 bridgehead atoms. The second-order valence-corrected chi connectivity index (χ2v) is 9.43. The van der Waals surface area contributed by atoms with Crippen molar-refractivity contribution in [1.82, 2.24) is 13.9 Å². The van der Waals surface area contributed by atoms with Gasteiger partial charge in [0.1, 0.15) is 5.82 Å². The molecule has 0 amide bonds. The number of hydrogen-bond acceptors (Lipinski definition) is 5. The van der Waals surface area contributed by atoms with Crippen LogP contribution in [0.4, 0.5) is 4.39 Å². The van der Waals surface area contributed by atoms with Crippen LogP contribution < -0.4 is 0 Å². The second kappa shape index (κ2) is 5.39. The van der Waals surface area contributed by atoms with E-state index >= 15 is 0 Å². The van der Waals surface area contributed by atoms with E-state index in [0.717, 1.165) is 16.4 Å². The molecule has 0 saturated carbocycles. The maximum absolute atomic E-state index is 12.9. The fraction of sp³-hybridized carbons (Fsp3) is 0.308. The molecule has 3 rings (SSSR count). The lowest BCUT2D eigenvalue weighted by Gasteiger charge is -2.36. The molecule has 1 aromatic carbocycles. The normalized spacial score (nSPS) is 17.1. The standard InChI is InChI=1S/C13H14FN3O4S2/c1-16-8-13(15-9-16)23(20,21)17-6-12(7-17)22(18,19)11-4-2-10(14)3-5-11/h2-5,8-9,12H,6-7H2,1H3. The van der Waals surface area contributed by atoms with E-state index in [0.29, 0.717) is 0 Å². The first-order chi connectivity index (χ1) is 10.7. The minimum Gasteiger partial charge on any atom is -0.339 e. The van der Waals surface area contributed by atoms with Crippen LogP contribution in [0.2, 0.25) is 0 Å². The molecule has 23 heavy (non-hydrogen) atoms. The molecule has 0 atom stereocenters. The SMILES string of the molecule is Cn1cnc(S(=O)(=O)N2CC(S(=O)(=O)c3ccc(F)cc3)C2)c1. The lowest BCUT2D eigenvalue weighted by atomic mass is 10.3. The van der Waals surface area contributed by atoms with Crippen molar-refractivity contribution in [2.24, 2.45) is 7.05 Å². The Morgan fingerprint density at radius 1 is 1.13 bits per heavy atom. The number of nitrogens with zero attached hydrogens (tertiary/aromatic N) is 3. The zero-order chi connectivity index (χ0) is 16.8. The number of aromatic nitrogens is 2. The molecule has 1 aliphatic rings. The van der Waals surface area contributed by atoms with Gasteiger partial charge in [0.2, 0.25) is 0 Å². The Labute approximate surface area is 133 Å². The first-order valence-corrected chi connectivity index (χ1v) is 9.67. The predicted molar refractivity (Wildman–Crippen MR) is 79.3 cm³/mol. The third-order valence-corrected chi connectivity index (χ3v) is 7.50. The predicted octanol–water partition coefficient (Wildman–Crippen LogP) is 0.406. The molecule has 1 aromatic heterocycles. The molecule has 0 N–H and O–H groups in total. The Kier molecular flexibility index (Phi) is 3.77. The summed E-state index contributed by atoms with van der Waals surface area (Å²) in [5.41, 5.74) is 0. The molecule has 0 spiro atoms. The number of sulfonamides is 1. The van der Waals surface area contributed by atoms with Crippen molar-refractivity contribution in [2.45, 2.75) is 15.2 Å². The Balaban J connectivity index is 1.77. The molecule has 0 aliphatic carbocycles. The third-order valence-electron chi connectivity index (χ3n) is 3.68. The molecule has 7 nitrogen and oxygen atoms in total. The summed E-state index contributed by atoms with van der Waals surface area (Å²) in [4.78, 5) is 3.77. The van der Waals surface area contributed by atoms with Crippen LogP contribution in [0.1, 0.15) is 0 Å². The van der Waals surface area contributed by atoms with Gasteiger partial charge in [-0.05, 0) is 24.3 Å². The zero-order valence-electron chi connectivity index (χ0n) is 12.1. The summed E-state index contributed by atoms with van der Waals surface area (Å²) >= 11 is 0. The number of halogens is 1. The summed E-state index contributed by atoms with van der Waals surface area (Å²) in [5.74, 6) is -0.531. The van der Waals surface area contributed by atoms with Gasteiger partial charge in [0, 0.05) is 26.3 Å². The Morgan fingerprint density at radius 2 is 1.74 bits per heavy atom. The highest BCUT2D eigenvalue weighted by Gasteiger charge is 2.44. The van der Waals surface area contributed by atoms with Gasteiger partial charge in [-0.25, -0.2) is 26.2 Å². The van der Waals surface area contributed by atoms with Crippen LogP contribution in [0.3, 0.4) is 0 Å². The summed E-state index contributed by atoms with van der Waals surface area (Å²) in [5, 5.41) is -0.955. The summed E-state index contributed by atoms with van der Waals surface area (Å²) in [6.45, 7) is -0.281. The van der Waals surface area contributed by atoms with Crippen molar-refractivity contribution in [3.05, 3.63) is 42.6 Å². The second-order valence-electron chi connectivity index (χ2n) is 5.32. The highest BCUT2D eigenvalue weighted by molar-refractivity contribution is 7.92. The average molecular weight is 359 g/mol. The molecule has 124 valence electrons. The van der Waals surface area contributed by atoms with Crippen LogP contribution >= 0.6 is 0 Å². The van der Waals surface area contributed by atoms with Crippen molar-refractivity contribution in [1.29, 1.82) is 0 Å². The van der Waals surface area contributed by atoms with Crippen LogP contribution in [-0.2, 0) is 26.9 Å². The van der Waals surface area contributed by atoms with Crippen LogP contribution in [0.15, 0.2) is 46.7 Å². The fourth-order valence-electron chi connectivity index (χ4n) is 2.26. The monoisotopic (exact) mass is 359 g/mol. The number of hydrogen-bond donors (Lipinski definition) is 0. The maximum Gasteiger partial charge on any atom is 0.262 e. The molecule has 2 aromatic rings. The van der Waals surface area contributed by atoms with E-state index in [9.17, 15) is 21.2 Å². The van der Waals surface area contributed by atoms with Gasteiger partial charge >= 0.3 is 0 Å². The van der Waals surface area contributed by atoms with Crippen LogP contribution in [0.25, 0.3) is 0 Å². The zero-order valence-corrected chi connectivity index (χ0v) is 13.8. The van der Waals surface area contributed by atoms with Crippen molar-refractivity contribution in [3.8, 4) is 0 Å². The van der Waals surface area contributed by atoms with Gasteiger partial charge in [0.25, 0.3) is 10.0 Å². The van der Waals surface area contributed by atoms with E-state index in [1.807, 2.05) is 0 Å². The molecular formula is C13H14FN3O4S2. The Hall–Kier alpha value is -1.78. The van der Waals surface area contributed by atoms with Gasteiger partial charge in [-0.3, -0.25) is 0 Å². The molecule has 1 aliphatic heterocycles. The molecule has 1 saturated heterocycles. The van der Waals surface area contributed by atoms with Gasteiger partial charge in [0.15, 0.2) is 14.9 Å². The number of aryl methyl sites for hydroxylation is 1. The molecular weight excluding hydrogens is 345 g/mol. The number of rotatable bonds is 4. The molecule has 10 heteroatoms. The minimum absolute atomic E-state index is 0.0150. The van der Waals surface area contributed by atoms with Gasteiger partial charge in [-0.1, -0.05) is 0 Å². The van der Waals surface area contributed by atoms with Gasteiger partial charge in [0.05, 0.1) is 16.5 Å². The van der Waals surface area contributed by atoms with Gasteiger partial charge in [-0.15, -0.1) is 0 Å². The smallest absolute Gasteiger partial charge is 0.262 e. The van der Waals surface area contributed by atoms with E-state index in [1.165, 1.54) is 29.2 Å². The highest BCUT2D eigenvalue weighted by atomic mass is 32.2. The Morgan fingerprint density at radius 3 is 2.26 bits per heavy atom. The minimum atomic E-state index is -3.79. The van der Waals surface area contributed by atoms with Crippen molar-refractivity contribution >= 4 is 19.9 Å². The van der Waals surface area contributed by atoms with Crippen LogP contribution in [0.5, 0.6) is 0 Å². The van der Waals surface area contributed by atoms with Crippen LogP contribution in [-0.4, -0.2) is 49.0 Å². The van der Waals surface area contributed by atoms with Crippen LogP contribution in [0, 0.1) is 5.82 Å². The van der Waals surface area contributed by atoms with Crippen molar-refractivity contribution in [2.75, 3.05) is 13.1 Å². The fourth-order valence-corrected chi connectivity index (χ4v) is 5.60. The molecule has 2 heterocycles. The molecule has 0 radical (unpaired) electrons. The van der Waals surface area contributed by atoms with E-state index < -0.39 is 30.9 Å². The van der Waals surface area contributed by atoms with Crippen molar-refractivity contribution in [3.63, 3.8) is 0 Å². The third kappa shape index (κ3) is 2.77. The van der Waals surface area contributed by atoms with E-state index in [4.69, 9.17) is 0 Å². The van der Waals surface area contributed by atoms with Crippen molar-refractivity contribution < 1.29 is 21.2 Å². The number of benzene rings is 1. The number of imidazole rings is 1. The van der Waals surface area contributed by atoms with Gasteiger partial charge in [-0.2, -0.15) is 4.31 Å². The molecule has 1 fully saturated rings. The first kappa shape index (κ1) is 16.1. The van der Waals surface area contributed by atoms with E-state index in [-0.39, 0.29) is 23.0 Å². The average Bonchev–Trinajstić information content (AvgIpc) is 2.84. The summed E-state index contributed by atoms with van der Waals surface area (Å²) in [7, 11) is -5.83. The largest absolute Gasteiger partial charge is 0.339 e. The first-order valence-electron chi connectivity index (χ1n) is 6.69. The summed E-state index contributed by atoms with van der Waals surface area (Å²) in [6, 6.07) is 4.49. The lowest BCUT2D eigenvalue weighted by molar-refractivity contribution is 0.308. The van der Waals surface area contributed by atoms with Gasteiger partial charge < -0.3 is 4.57 Å². The summed E-state index contributed by atoms with van der Waals surface area (Å²) < 4.78 is 64.8.